The predicted molar refractivity (Wildman–Crippen MR) is 112 cm³/mol. The second-order valence-corrected chi connectivity index (χ2v) is 6.63. The molecule has 1 aromatic carbocycles. The lowest BCUT2D eigenvalue weighted by molar-refractivity contribution is 0.354. The number of nitrogens with one attached hydrogen (secondary N) is 1. The summed E-state index contributed by atoms with van der Waals surface area (Å²) in [5.41, 5.74) is 3.25. The molecule has 0 amide bonds. The number of aryl methyl sites for hydroxylation is 1. The van der Waals surface area contributed by atoms with E-state index in [2.05, 4.69) is 20.4 Å². The van der Waals surface area contributed by atoms with Crippen LogP contribution in [0.2, 0.25) is 0 Å². The molecule has 154 valence electrons. The number of rotatable bonds is 8. The number of anilines is 1. The van der Waals surface area contributed by atoms with Gasteiger partial charge in [0.2, 0.25) is 5.95 Å². The van der Waals surface area contributed by atoms with E-state index in [1.165, 1.54) is 0 Å². The third-order valence-corrected chi connectivity index (χ3v) is 4.58. The average molecular weight is 406 g/mol. The maximum atomic E-state index is 5.56. The molecule has 0 spiro atoms. The van der Waals surface area contributed by atoms with Crippen LogP contribution in [0.4, 0.5) is 5.95 Å². The van der Waals surface area contributed by atoms with Gasteiger partial charge in [-0.05, 0) is 43.2 Å². The molecule has 1 N–H and O–H groups in total. The normalized spacial score (nSPS) is 10.8. The van der Waals surface area contributed by atoms with Crippen LogP contribution in [0.25, 0.3) is 22.8 Å². The van der Waals surface area contributed by atoms with Gasteiger partial charge in [0.15, 0.2) is 23.0 Å². The van der Waals surface area contributed by atoms with E-state index in [9.17, 15) is 0 Å². The van der Waals surface area contributed by atoms with Gasteiger partial charge in [0, 0.05) is 18.8 Å². The summed E-state index contributed by atoms with van der Waals surface area (Å²) < 4.78 is 21.6. The molecule has 4 aromatic rings. The molecule has 0 atom stereocenters. The van der Waals surface area contributed by atoms with Gasteiger partial charge in [-0.1, -0.05) is 11.2 Å². The summed E-state index contributed by atoms with van der Waals surface area (Å²) >= 11 is 0. The summed E-state index contributed by atoms with van der Waals surface area (Å²) in [4.78, 5) is 9.08. The van der Waals surface area contributed by atoms with Crippen molar-refractivity contribution >= 4 is 5.95 Å². The molecule has 0 fully saturated rings. The first-order chi connectivity index (χ1) is 14.7. The average Bonchev–Trinajstić information content (AvgIpc) is 3.45. The van der Waals surface area contributed by atoms with Crippen molar-refractivity contribution in [3.8, 4) is 34.3 Å². The lowest BCUT2D eigenvalue weighted by Crippen LogP contribution is -2.09. The van der Waals surface area contributed by atoms with Gasteiger partial charge >= 0.3 is 0 Å². The fraction of sp³-hybridized carbons (Fsp3) is 0.227. The van der Waals surface area contributed by atoms with Crippen molar-refractivity contribution in [1.82, 2.24) is 15.1 Å². The number of hydrogen-bond donors (Lipinski definition) is 1. The highest BCUT2D eigenvalue weighted by Crippen LogP contribution is 2.31. The van der Waals surface area contributed by atoms with Crippen LogP contribution in [0.5, 0.6) is 11.5 Å². The molecule has 4 rings (SSSR count). The molecule has 0 aliphatic rings. The molecule has 30 heavy (non-hydrogen) atoms. The highest BCUT2D eigenvalue weighted by Gasteiger charge is 2.17. The molecular formula is C22H22N4O4. The van der Waals surface area contributed by atoms with E-state index >= 15 is 0 Å². The number of nitrogens with zero attached hydrogens (tertiary/aromatic N) is 3. The second kappa shape index (κ2) is 8.69. The van der Waals surface area contributed by atoms with Crippen LogP contribution in [-0.2, 0) is 6.42 Å². The number of furan rings is 1. The summed E-state index contributed by atoms with van der Waals surface area (Å²) in [7, 11) is 3.25. The first-order valence-electron chi connectivity index (χ1n) is 9.47. The molecule has 0 radical (unpaired) electrons. The summed E-state index contributed by atoms with van der Waals surface area (Å²) in [6, 6.07) is 11.4. The minimum atomic E-state index is 0.502. The topological polar surface area (TPSA) is 95.4 Å². The number of methoxy groups -OCH3 is 2. The number of hydrogen-bond acceptors (Lipinski definition) is 8. The van der Waals surface area contributed by atoms with E-state index in [0.29, 0.717) is 41.2 Å². The third-order valence-electron chi connectivity index (χ3n) is 4.58. The lowest BCUT2D eigenvalue weighted by Gasteiger charge is -2.11. The van der Waals surface area contributed by atoms with Crippen molar-refractivity contribution in [2.24, 2.45) is 0 Å². The van der Waals surface area contributed by atoms with Crippen LogP contribution in [0, 0.1) is 6.92 Å². The Kier molecular flexibility index (Phi) is 5.65. The first kappa shape index (κ1) is 19.5. The summed E-state index contributed by atoms with van der Waals surface area (Å²) in [6.07, 6.45) is 4.09. The predicted octanol–water partition coefficient (Wildman–Crippen LogP) is 4.37. The zero-order chi connectivity index (χ0) is 20.9. The summed E-state index contributed by atoms with van der Waals surface area (Å²) in [6.45, 7) is 2.51. The molecule has 0 aliphatic heterocycles. The van der Waals surface area contributed by atoms with Crippen LogP contribution in [0.1, 0.15) is 11.3 Å². The second-order valence-electron chi connectivity index (χ2n) is 6.63. The van der Waals surface area contributed by atoms with Crippen molar-refractivity contribution in [2.45, 2.75) is 13.3 Å². The molecule has 3 aromatic heterocycles. The SMILES string of the molecule is COc1ccc(CCNc2ncc(-c3cc(C)no3)c(-c3ccco3)n2)cc1OC. The molecule has 3 heterocycles. The fourth-order valence-electron chi connectivity index (χ4n) is 3.09. The number of ether oxygens (including phenoxy) is 2. The Morgan fingerprint density at radius 1 is 1.03 bits per heavy atom. The maximum absolute atomic E-state index is 5.56. The Bertz CT molecular complexity index is 1120. The van der Waals surface area contributed by atoms with E-state index in [4.69, 9.17) is 18.4 Å². The van der Waals surface area contributed by atoms with Gasteiger partial charge in [-0.25, -0.2) is 9.97 Å². The van der Waals surface area contributed by atoms with Crippen LogP contribution < -0.4 is 14.8 Å². The van der Waals surface area contributed by atoms with Crippen LogP contribution in [0.3, 0.4) is 0 Å². The summed E-state index contributed by atoms with van der Waals surface area (Å²) in [5, 5.41) is 7.21. The molecule has 0 unspecified atom stereocenters. The zero-order valence-corrected chi connectivity index (χ0v) is 17.0. The Balaban J connectivity index is 1.52. The quantitative estimate of drug-likeness (QED) is 0.461. The molecular weight excluding hydrogens is 384 g/mol. The van der Waals surface area contributed by atoms with Crippen molar-refractivity contribution in [3.05, 3.63) is 60.1 Å². The van der Waals surface area contributed by atoms with E-state index in [-0.39, 0.29) is 0 Å². The molecule has 0 saturated carbocycles. The molecule has 0 bridgehead atoms. The Morgan fingerprint density at radius 3 is 2.60 bits per heavy atom. The van der Waals surface area contributed by atoms with Crippen LogP contribution >= 0.6 is 0 Å². The van der Waals surface area contributed by atoms with Crippen LogP contribution in [0.15, 0.2) is 57.8 Å². The van der Waals surface area contributed by atoms with Gasteiger partial charge < -0.3 is 23.7 Å². The van der Waals surface area contributed by atoms with Gasteiger partial charge in [-0.15, -0.1) is 0 Å². The van der Waals surface area contributed by atoms with Gasteiger partial charge in [0.05, 0.1) is 31.7 Å². The molecule has 0 saturated heterocycles. The molecule has 8 heteroatoms. The van der Waals surface area contributed by atoms with Crippen molar-refractivity contribution in [3.63, 3.8) is 0 Å². The van der Waals surface area contributed by atoms with Gasteiger partial charge in [0.1, 0.15) is 5.69 Å². The third kappa shape index (κ3) is 4.12. The fourth-order valence-corrected chi connectivity index (χ4v) is 3.09. The van der Waals surface area contributed by atoms with E-state index in [0.717, 1.165) is 23.2 Å². The van der Waals surface area contributed by atoms with Gasteiger partial charge in [-0.3, -0.25) is 0 Å². The van der Waals surface area contributed by atoms with Gasteiger partial charge in [-0.2, -0.15) is 0 Å². The highest BCUT2D eigenvalue weighted by molar-refractivity contribution is 5.75. The first-order valence-corrected chi connectivity index (χ1v) is 9.47. The standard InChI is InChI=1S/C22H22N4O4/c1-14-11-19(30-26-14)16-13-24-22(25-21(16)18-5-4-10-29-18)23-9-8-15-6-7-17(27-2)20(12-15)28-3/h4-7,10-13H,8-9H2,1-3H3,(H,23,24,25). The minimum absolute atomic E-state index is 0.502. The zero-order valence-electron chi connectivity index (χ0n) is 17.0. The smallest absolute Gasteiger partial charge is 0.223 e. The number of benzene rings is 1. The van der Waals surface area contributed by atoms with Crippen LogP contribution in [-0.4, -0.2) is 35.9 Å². The van der Waals surface area contributed by atoms with Gasteiger partial charge in [0.25, 0.3) is 0 Å². The van der Waals surface area contributed by atoms with Crippen molar-refractivity contribution in [1.29, 1.82) is 0 Å². The lowest BCUT2D eigenvalue weighted by atomic mass is 10.1. The largest absolute Gasteiger partial charge is 0.493 e. The highest BCUT2D eigenvalue weighted by atomic mass is 16.5. The van der Waals surface area contributed by atoms with Crippen molar-refractivity contribution in [2.75, 3.05) is 26.1 Å². The van der Waals surface area contributed by atoms with E-state index in [1.54, 1.807) is 26.7 Å². The van der Waals surface area contributed by atoms with Crippen molar-refractivity contribution < 1.29 is 18.4 Å². The molecule has 0 aliphatic carbocycles. The van der Waals surface area contributed by atoms with E-state index in [1.807, 2.05) is 43.3 Å². The Labute approximate surface area is 173 Å². The monoisotopic (exact) mass is 406 g/mol. The minimum Gasteiger partial charge on any atom is -0.493 e. The number of aromatic nitrogens is 3. The Morgan fingerprint density at radius 2 is 1.90 bits per heavy atom. The Hall–Kier alpha value is -3.81. The van der Waals surface area contributed by atoms with E-state index < -0.39 is 0 Å². The maximum Gasteiger partial charge on any atom is 0.223 e. The molecule has 8 nitrogen and oxygen atoms in total. The summed E-state index contributed by atoms with van der Waals surface area (Å²) in [5.74, 6) is 3.14.